The molecule has 15 heavy (non-hydrogen) atoms. The number of ether oxygens (including phenoxy) is 2. The first-order chi connectivity index (χ1) is 7.29. The molecule has 1 heterocycles. The van der Waals surface area contributed by atoms with Crippen LogP contribution >= 0.6 is 0 Å². The minimum atomic E-state index is -0.0840. The van der Waals surface area contributed by atoms with E-state index in [1.165, 1.54) is 7.11 Å². The van der Waals surface area contributed by atoms with E-state index in [0.29, 0.717) is 0 Å². The minimum absolute atomic E-state index is 0.00227. The van der Waals surface area contributed by atoms with Crippen molar-refractivity contribution >= 4 is 5.97 Å². The van der Waals surface area contributed by atoms with Gasteiger partial charge in [0.1, 0.15) is 6.04 Å². The Kier molecular flexibility index (Phi) is 5.65. The predicted molar refractivity (Wildman–Crippen MR) is 57.7 cm³/mol. The third-order valence-electron chi connectivity index (χ3n) is 2.88. The van der Waals surface area contributed by atoms with Crippen LogP contribution in [-0.2, 0) is 14.3 Å². The van der Waals surface area contributed by atoms with Gasteiger partial charge < -0.3 is 9.47 Å². The summed E-state index contributed by atoms with van der Waals surface area (Å²) >= 11 is 0. The second-order valence-corrected chi connectivity index (χ2v) is 3.92. The quantitative estimate of drug-likeness (QED) is 0.490. The van der Waals surface area contributed by atoms with Crippen LogP contribution in [0.2, 0.25) is 0 Å². The summed E-state index contributed by atoms with van der Waals surface area (Å²) in [6.07, 6.45) is 4.18. The van der Waals surface area contributed by atoms with Crippen molar-refractivity contribution in [1.82, 2.24) is 4.90 Å². The molecule has 0 aromatic carbocycles. The predicted octanol–water partition coefficient (Wildman–Crippen LogP) is 1.05. The summed E-state index contributed by atoms with van der Waals surface area (Å²) in [5.41, 5.74) is 0. The standard InChI is InChI=1S/C11H21NO3/c1-14-9-4-3-7-12-8-5-6-10(12)11(13)15-2/h10H,3-9H2,1-2H3. The molecule has 0 radical (unpaired) electrons. The molecule has 0 aromatic heterocycles. The van der Waals surface area contributed by atoms with Gasteiger partial charge in [-0.25, -0.2) is 0 Å². The second-order valence-electron chi connectivity index (χ2n) is 3.92. The zero-order valence-corrected chi connectivity index (χ0v) is 9.70. The van der Waals surface area contributed by atoms with Gasteiger partial charge in [0.25, 0.3) is 0 Å². The zero-order valence-electron chi connectivity index (χ0n) is 9.70. The molecule has 0 aromatic rings. The van der Waals surface area contributed by atoms with Crippen molar-refractivity contribution in [3.05, 3.63) is 0 Å². The van der Waals surface area contributed by atoms with Crippen molar-refractivity contribution in [2.75, 3.05) is 33.9 Å². The molecule has 1 rings (SSSR count). The maximum absolute atomic E-state index is 11.4. The van der Waals surface area contributed by atoms with Crippen LogP contribution in [0.4, 0.5) is 0 Å². The summed E-state index contributed by atoms with van der Waals surface area (Å²) in [5, 5.41) is 0. The molecule has 0 N–H and O–H groups in total. The van der Waals surface area contributed by atoms with E-state index in [2.05, 4.69) is 4.90 Å². The van der Waals surface area contributed by atoms with Crippen LogP contribution in [0.1, 0.15) is 25.7 Å². The van der Waals surface area contributed by atoms with E-state index < -0.39 is 0 Å². The number of unbranched alkanes of at least 4 members (excludes halogenated alkanes) is 1. The van der Waals surface area contributed by atoms with E-state index in [9.17, 15) is 4.79 Å². The lowest BCUT2D eigenvalue weighted by atomic mass is 10.2. The summed E-state index contributed by atoms with van der Waals surface area (Å²) in [4.78, 5) is 13.6. The van der Waals surface area contributed by atoms with Crippen molar-refractivity contribution in [1.29, 1.82) is 0 Å². The number of rotatable bonds is 6. The number of hydrogen-bond acceptors (Lipinski definition) is 4. The molecule has 1 unspecified atom stereocenters. The lowest BCUT2D eigenvalue weighted by Gasteiger charge is -2.21. The van der Waals surface area contributed by atoms with Gasteiger partial charge in [-0.1, -0.05) is 0 Å². The van der Waals surface area contributed by atoms with Crippen LogP contribution < -0.4 is 0 Å². The fraction of sp³-hybridized carbons (Fsp3) is 0.909. The van der Waals surface area contributed by atoms with E-state index in [4.69, 9.17) is 9.47 Å². The molecule has 4 heteroatoms. The van der Waals surface area contributed by atoms with Gasteiger partial charge in [-0.05, 0) is 38.8 Å². The first kappa shape index (κ1) is 12.5. The topological polar surface area (TPSA) is 38.8 Å². The van der Waals surface area contributed by atoms with Crippen molar-refractivity contribution in [3.8, 4) is 0 Å². The van der Waals surface area contributed by atoms with Crippen molar-refractivity contribution in [2.24, 2.45) is 0 Å². The molecule has 4 nitrogen and oxygen atoms in total. The van der Waals surface area contributed by atoms with Crippen LogP contribution in [0.3, 0.4) is 0 Å². The Hall–Kier alpha value is -0.610. The van der Waals surface area contributed by atoms with E-state index in [-0.39, 0.29) is 12.0 Å². The minimum Gasteiger partial charge on any atom is -0.468 e. The molecule has 1 atom stereocenters. The first-order valence-electron chi connectivity index (χ1n) is 5.60. The van der Waals surface area contributed by atoms with Crippen LogP contribution in [0, 0.1) is 0 Å². The lowest BCUT2D eigenvalue weighted by molar-refractivity contribution is -0.145. The van der Waals surface area contributed by atoms with Crippen LogP contribution in [0.25, 0.3) is 0 Å². The number of methoxy groups -OCH3 is 2. The van der Waals surface area contributed by atoms with Gasteiger partial charge in [0.2, 0.25) is 0 Å². The summed E-state index contributed by atoms with van der Waals surface area (Å²) in [7, 11) is 3.18. The van der Waals surface area contributed by atoms with Gasteiger partial charge in [-0.3, -0.25) is 9.69 Å². The molecule has 1 aliphatic heterocycles. The maximum atomic E-state index is 11.4. The molecule has 0 saturated carbocycles. The van der Waals surface area contributed by atoms with Crippen LogP contribution in [-0.4, -0.2) is 50.8 Å². The smallest absolute Gasteiger partial charge is 0.323 e. The summed E-state index contributed by atoms with van der Waals surface area (Å²) in [6, 6.07) is -0.00227. The molecule has 88 valence electrons. The third kappa shape index (κ3) is 3.80. The van der Waals surface area contributed by atoms with E-state index in [1.807, 2.05) is 0 Å². The molecular formula is C11H21NO3. The maximum Gasteiger partial charge on any atom is 0.323 e. The Balaban J connectivity index is 2.24. The Morgan fingerprint density at radius 3 is 2.87 bits per heavy atom. The van der Waals surface area contributed by atoms with Gasteiger partial charge in [-0.2, -0.15) is 0 Å². The van der Waals surface area contributed by atoms with Gasteiger partial charge in [0.15, 0.2) is 0 Å². The molecule has 1 aliphatic rings. The SMILES string of the molecule is COCCCCN1CCCC1C(=O)OC. The summed E-state index contributed by atoms with van der Waals surface area (Å²) < 4.78 is 9.78. The molecule has 1 saturated heterocycles. The third-order valence-corrected chi connectivity index (χ3v) is 2.88. The van der Waals surface area contributed by atoms with E-state index >= 15 is 0 Å². The number of carbonyl (C=O) groups is 1. The van der Waals surface area contributed by atoms with Crippen LogP contribution in [0.5, 0.6) is 0 Å². The molecule has 0 bridgehead atoms. The fourth-order valence-corrected chi connectivity index (χ4v) is 2.06. The molecule has 0 spiro atoms. The number of hydrogen-bond donors (Lipinski definition) is 0. The first-order valence-corrected chi connectivity index (χ1v) is 5.60. The van der Waals surface area contributed by atoms with E-state index in [0.717, 1.165) is 45.4 Å². The normalized spacial score (nSPS) is 21.9. The summed E-state index contributed by atoms with van der Waals surface area (Å²) in [6.45, 7) is 2.80. The van der Waals surface area contributed by atoms with Crippen molar-refractivity contribution in [2.45, 2.75) is 31.7 Å². The van der Waals surface area contributed by atoms with Gasteiger partial charge >= 0.3 is 5.97 Å². The molecule has 1 fully saturated rings. The van der Waals surface area contributed by atoms with Crippen molar-refractivity contribution in [3.63, 3.8) is 0 Å². The molecular weight excluding hydrogens is 194 g/mol. The number of esters is 1. The number of nitrogens with zero attached hydrogens (tertiary/aromatic N) is 1. The largest absolute Gasteiger partial charge is 0.468 e. The van der Waals surface area contributed by atoms with Gasteiger partial charge in [-0.15, -0.1) is 0 Å². The van der Waals surface area contributed by atoms with Gasteiger partial charge in [0.05, 0.1) is 7.11 Å². The highest BCUT2D eigenvalue weighted by Crippen LogP contribution is 2.18. The monoisotopic (exact) mass is 215 g/mol. The number of likely N-dealkylation sites (tertiary alicyclic amines) is 1. The molecule has 0 aliphatic carbocycles. The Morgan fingerprint density at radius 2 is 2.20 bits per heavy atom. The second kappa shape index (κ2) is 6.80. The van der Waals surface area contributed by atoms with Gasteiger partial charge in [0, 0.05) is 13.7 Å². The lowest BCUT2D eigenvalue weighted by Crippen LogP contribution is -2.37. The van der Waals surface area contributed by atoms with E-state index in [1.54, 1.807) is 7.11 Å². The van der Waals surface area contributed by atoms with Crippen LogP contribution in [0.15, 0.2) is 0 Å². The number of carbonyl (C=O) groups excluding carboxylic acids is 1. The molecule has 0 amide bonds. The Labute approximate surface area is 91.5 Å². The highest BCUT2D eigenvalue weighted by atomic mass is 16.5. The average molecular weight is 215 g/mol. The average Bonchev–Trinajstić information content (AvgIpc) is 2.71. The fourth-order valence-electron chi connectivity index (χ4n) is 2.06. The Morgan fingerprint density at radius 1 is 1.40 bits per heavy atom. The summed E-state index contributed by atoms with van der Waals surface area (Å²) in [5.74, 6) is -0.0840. The highest BCUT2D eigenvalue weighted by molar-refractivity contribution is 5.75. The van der Waals surface area contributed by atoms with Crippen molar-refractivity contribution < 1.29 is 14.3 Å². The zero-order chi connectivity index (χ0) is 11.1. The Bertz CT molecular complexity index is 196. The highest BCUT2D eigenvalue weighted by Gasteiger charge is 2.30.